The molecule has 5 rings (SSSR count). The molecule has 1 aromatic heterocycles. The molecular formula is C45H65N11O7. The topological polar surface area (TPSA) is 306 Å². The number of guanidine groups is 1. The van der Waals surface area contributed by atoms with Gasteiger partial charge in [0.2, 0.25) is 29.5 Å². The normalized spacial score (nSPS) is 18.5. The molecule has 2 fully saturated rings. The molecule has 1 aliphatic heterocycles. The highest BCUT2D eigenvalue weighted by Crippen LogP contribution is 2.28. The van der Waals surface area contributed by atoms with Gasteiger partial charge in [0, 0.05) is 38.0 Å². The maximum absolute atomic E-state index is 14.6. The summed E-state index contributed by atoms with van der Waals surface area (Å²) in [5.74, 6) is -5.60. The Morgan fingerprint density at radius 1 is 0.794 bits per heavy atom. The van der Waals surface area contributed by atoms with Crippen LogP contribution in [0.5, 0.6) is 0 Å². The molecule has 18 heteroatoms. The standard InChI is InChI=1S/C45H65N11O7/c46-21-9-18-34(52-39(57)32(47)24-28-12-3-1-4-13-28)43(61)56-23-11-20-38(56)42(60)55-36(25-29-14-5-2-6-15-29)40(58)54-37(26-30-27-51-33-17-8-7-16-31(30)33)41(59)53-35(44(62)63)19-10-22-50-45(48)49/h1,3-4,7-8,12-13,16-17,27,29,32,34-38,51H,2,5-6,9-11,14-15,18-26,46-47H2,(H,52,57)(H,53,59)(H,54,58)(H,55,60)(H,62,63)(H4,48,49,50)/t32-,34-,35-,36-,37-,38-/m0/s1/i29D. The molecule has 2 aliphatic rings. The van der Waals surface area contributed by atoms with E-state index in [1.54, 1.807) is 6.20 Å². The van der Waals surface area contributed by atoms with E-state index < -0.39 is 77.7 Å². The Kier molecular flexibility index (Phi) is 17.7. The third kappa shape index (κ3) is 14.3. The van der Waals surface area contributed by atoms with Crippen LogP contribution in [0.2, 0.25) is 0 Å². The van der Waals surface area contributed by atoms with Crippen LogP contribution in [0, 0.1) is 5.89 Å². The van der Waals surface area contributed by atoms with Crippen molar-refractivity contribution in [1.29, 1.82) is 0 Å². The number of amides is 5. The number of carboxylic acid groups (broad SMARTS) is 1. The van der Waals surface area contributed by atoms with Crippen LogP contribution in [0.25, 0.3) is 10.9 Å². The Labute approximate surface area is 369 Å². The van der Waals surface area contributed by atoms with Crippen LogP contribution < -0.4 is 44.2 Å². The van der Waals surface area contributed by atoms with Crippen LogP contribution >= 0.6 is 0 Å². The fraction of sp³-hybridized carbons (Fsp3) is 0.533. The van der Waals surface area contributed by atoms with Crippen molar-refractivity contribution < 1.29 is 35.2 Å². The van der Waals surface area contributed by atoms with E-state index in [4.69, 9.17) is 22.9 Å². The van der Waals surface area contributed by atoms with Gasteiger partial charge < -0.3 is 59.2 Å². The first-order valence-electron chi connectivity index (χ1n) is 22.5. The van der Waals surface area contributed by atoms with Gasteiger partial charge in [0.05, 0.1) is 6.04 Å². The average Bonchev–Trinajstić information content (AvgIpc) is 3.94. The van der Waals surface area contributed by atoms with Crippen molar-refractivity contribution in [3.8, 4) is 0 Å². The number of aromatic nitrogens is 1. The molecule has 2 heterocycles. The summed E-state index contributed by atoms with van der Waals surface area (Å²) in [4.78, 5) is 91.3. The summed E-state index contributed by atoms with van der Waals surface area (Å²) in [6, 6.07) is 9.81. The number of carboxylic acids is 1. The first-order valence-corrected chi connectivity index (χ1v) is 22.0. The Bertz CT molecular complexity index is 2090. The second-order valence-corrected chi connectivity index (χ2v) is 16.5. The number of fused-ring (bicyclic) bond motifs is 1. The maximum atomic E-state index is 14.6. The number of nitrogens with two attached hydrogens (primary N) is 4. The fourth-order valence-electron chi connectivity index (χ4n) is 8.38. The third-order valence-electron chi connectivity index (χ3n) is 11.8. The number of hydrogen-bond acceptors (Lipinski definition) is 9. The Morgan fingerprint density at radius 3 is 2.17 bits per heavy atom. The van der Waals surface area contributed by atoms with Gasteiger partial charge in [0.1, 0.15) is 30.2 Å². The number of nitrogens with one attached hydrogen (secondary N) is 5. The lowest BCUT2D eigenvalue weighted by Gasteiger charge is -2.32. The second kappa shape index (κ2) is 24.0. The zero-order valence-electron chi connectivity index (χ0n) is 36.9. The molecule has 18 nitrogen and oxygen atoms in total. The summed E-state index contributed by atoms with van der Waals surface area (Å²) in [5, 5.41) is 21.9. The number of carbonyl (C=O) groups excluding carboxylic acids is 5. The van der Waals surface area contributed by atoms with Gasteiger partial charge >= 0.3 is 5.97 Å². The van der Waals surface area contributed by atoms with Crippen molar-refractivity contribution in [3.63, 3.8) is 0 Å². The molecule has 14 N–H and O–H groups in total. The van der Waals surface area contributed by atoms with Crippen molar-refractivity contribution in [2.45, 2.75) is 126 Å². The smallest absolute Gasteiger partial charge is 0.326 e. The van der Waals surface area contributed by atoms with E-state index in [0.29, 0.717) is 31.2 Å². The lowest BCUT2D eigenvalue weighted by atomic mass is 9.84. The van der Waals surface area contributed by atoms with Crippen molar-refractivity contribution in [1.82, 2.24) is 31.2 Å². The summed E-state index contributed by atoms with van der Waals surface area (Å²) in [6.07, 6.45) is 6.99. The summed E-state index contributed by atoms with van der Waals surface area (Å²) in [6.45, 7) is 0.634. The number of H-pyrrole nitrogens is 1. The highest BCUT2D eigenvalue weighted by atomic mass is 16.4. The summed E-state index contributed by atoms with van der Waals surface area (Å²) < 4.78 is 9.33. The molecule has 0 bridgehead atoms. The van der Waals surface area contributed by atoms with Crippen LogP contribution in [0.3, 0.4) is 0 Å². The molecule has 0 radical (unpaired) electrons. The number of likely N-dealkylation sites (tertiary alicyclic amines) is 1. The highest BCUT2D eigenvalue weighted by molar-refractivity contribution is 5.97. The Morgan fingerprint density at radius 2 is 1.46 bits per heavy atom. The van der Waals surface area contributed by atoms with E-state index in [2.05, 4.69) is 31.2 Å². The van der Waals surface area contributed by atoms with E-state index in [9.17, 15) is 35.2 Å². The van der Waals surface area contributed by atoms with Gasteiger partial charge in [-0.3, -0.25) is 29.0 Å². The number of aromatic amines is 1. The first kappa shape index (κ1) is 46.5. The van der Waals surface area contributed by atoms with E-state index in [1.165, 1.54) is 4.90 Å². The van der Waals surface area contributed by atoms with E-state index in [1.807, 2.05) is 54.6 Å². The lowest BCUT2D eigenvalue weighted by molar-refractivity contribution is -0.143. The summed E-state index contributed by atoms with van der Waals surface area (Å²) >= 11 is 0. The molecule has 0 unspecified atom stereocenters. The van der Waals surface area contributed by atoms with E-state index >= 15 is 0 Å². The number of benzene rings is 2. The minimum absolute atomic E-state index is 0.000486. The fourth-order valence-corrected chi connectivity index (χ4v) is 8.38. The average molecular weight is 873 g/mol. The van der Waals surface area contributed by atoms with Gasteiger partial charge in [-0.15, -0.1) is 0 Å². The molecule has 0 spiro atoms. The molecule has 342 valence electrons. The zero-order valence-corrected chi connectivity index (χ0v) is 35.9. The summed E-state index contributed by atoms with van der Waals surface area (Å²) in [5.41, 5.74) is 25.2. The monoisotopic (exact) mass is 873 g/mol. The molecule has 3 aromatic rings. The minimum Gasteiger partial charge on any atom is -0.480 e. The van der Waals surface area contributed by atoms with Gasteiger partial charge in [-0.05, 0) is 81.0 Å². The highest BCUT2D eigenvalue weighted by Gasteiger charge is 2.40. The van der Waals surface area contributed by atoms with Crippen molar-refractivity contribution in [3.05, 3.63) is 71.9 Å². The number of nitrogens with zero attached hydrogens (tertiary/aromatic N) is 2. The molecule has 5 amide bonds. The Hall–Kier alpha value is -6.01. The van der Waals surface area contributed by atoms with Crippen LogP contribution in [-0.4, -0.2) is 112 Å². The van der Waals surface area contributed by atoms with Crippen LogP contribution in [0.1, 0.15) is 89.5 Å². The Balaban J connectivity index is 1.36. The van der Waals surface area contributed by atoms with E-state index in [0.717, 1.165) is 35.7 Å². The lowest BCUT2D eigenvalue weighted by Crippen LogP contribution is -2.59. The zero-order chi connectivity index (χ0) is 46.2. The van der Waals surface area contributed by atoms with Gasteiger partial charge in [0.15, 0.2) is 5.96 Å². The molecule has 6 atom stereocenters. The number of para-hydroxylation sites is 1. The molecule has 1 saturated carbocycles. The van der Waals surface area contributed by atoms with Gasteiger partial charge in [0.25, 0.3) is 0 Å². The maximum Gasteiger partial charge on any atom is 0.326 e. The minimum atomic E-state index is -1.33. The van der Waals surface area contributed by atoms with Crippen molar-refractivity contribution in [2.75, 3.05) is 19.6 Å². The number of rotatable bonds is 23. The number of aliphatic carboxylic acids is 1. The van der Waals surface area contributed by atoms with Crippen LogP contribution in [-0.2, 0) is 41.6 Å². The van der Waals surface area contributed by atoms with Crippen LogP contribution in [0.4, 0.5) is 0 Å². The molecule has 63 heavy (non-hydrogen) atoms. The third-order valence-corrected chi connectivity index (χ3v) is 11.8. The number of hydrogen-bond donors (Lipinski definition) is 10. The summed E-state index contributed by atoms with van der Waals surface area (Å²) in [7, 11) is 0. The molecular weight excluding hydrogens is 807 g/mol. The second-order valence-electron chi connectivity index (χ2n) is 16.5. The number of carbonyl (C=O) groups is 6. The predicted octanol–water partition coefficient (Wildman–Crippen LogP) is 1.06. The van der Waals surface area contributed by atoms with E-state index in [-0.39, 0.29) is 70.5 Å². The SMILES string of the molecule is [2H]C1(C[C@H](NC(=O)[C@@H]2CCCN2C(=O)[C@H](CCCN)NC(=O)[C@@H](N)Cc2ccccc2)C(=O)N[C@@H](Cc2c[nH]c3ccccc23)C(=O)N[C@@H](CCCN=C(N)N)C(=O)O)CCCCC1. The quantitative estimate of drug-likeness (QED) is 0.0365. The first-order chi connectivity index (χ1) is 30.7. The predicted molar refractivity (Wildman–Crippen MR) is 240 cm³/mol. The number of aliphatic imine (C=N–C) groups is 1. The van der Waals surface area contributed by atoms with Crippen LogP contribution in [0.15, 0.2) is 65.8 Å². The van der Waals surface area contributed by atoms with Crippen molar-refractivity contribution >= 4 is 52.4 Å². The van der Waals surface area contributed by atoms with Crippen molar-refractivity contribution in [2.24, 2.45) is 33.8 Å². The molecule has 1 aliphatic carbocycles. The molecule has 1 saturated heterocycles. The van der Waals surface area contributed by atoms with Gasteiger partial charge in [-0.1, -0.05) is 80.6 Å². The van der Waals surface area contributed by atoms with Gasteiger partial charge in [-0.25, -0.2) is 4.79 Å². The van der Waals surface area contributed by atoms with Gasteiger partial charge in [-0.2, -0.15) is 0 Å². The molecule has 2 aromatic carbocycles. The largest absolute Gasteiger partial charge is 0.480 e.